The minimum Gasteiger partial charge on any atom is -0.408 e. The van der Waals surface area contributed by atoms with E-state index in [2.05, 4.69) is 0 Å². The predicted molar refractivity (Wildman–Crippen MR) is 67.8 cm³/mol. The van der Waals surface area contributed by atoms with Crippen molar-refractivity contribution in [2.24, 2.45) is 7.05 Å². The molecular formula is C12H16N2O4. The number of aromatic nitrogens is 1. The molecule has 0 atom stereocenters. The second kappa shape index (κ2) is 4.83. The van der Waals surface area contributed by atoms with Crippen molar-refractivity contribution in [1.29, 1.82) is 0 Å². The lowest BCUT2D eigenvalue weighted by atomic mass is 10.2. The highest BCUT2D eigenvalue weighted by Crippen LogP contribution is 2.21. The quantitative estimate of drug-likeness (QED) is 0.795. The van der Waals surface area contributed by atoms with Gasteiger partial charge in [-0.3, -0.25) is 4.57 Å². The Hall–Kier alpha value is -1.79. The third-order valence-electron chi connectivity index (χ3n) is 3.15. The van der Waals surface area contributed by atoms with Gasteiger partial charge < -0.3 is 19.5 Å². The lowest BCUT2D eigenvalue weighted by Gasteiger charge is -2.26. The second-order valence-corrected chi connectivity index (χ2v) is 4.21. The number of hydrogen-bond donors (Lipinski definition) is 2. The van der Waals surface area contributed by atoms with E-state index >= 15 is 0 Å². The topological polar surface area (TPSA) is 78.8 Å². The first-order valence-electron chi connectivity index (χ1n) is 5.62. The van der Waals surface area contributed by atoms with Crippen LogP contribution in [0.3, 0.4) is 0 Å². The van der Waals surface area contributed by atoms with Crippen LogP contribution in [0, 0.1) is 0 Å². The average molecular weight is 252 g/mol. The normalized spacial score (nSPS) is 11.4. The van der Waals surface area contributed by atoms with Crippen molar-refractivity contribution >= 4 is 16.8 Å². The van der Waals surface area contributed by atoms with Crippen LogP contribution in [0.2, 0.25) is 0 Å². The Kier molecular flexibility index (Phi) is 3.40. The molecule has 6 nitrogen and oxygen atoms in total. The fraction of sp³-hybridized carbons (Fsp3) is 0.417. The first-order valence-corrected chi connectivity index (χ1v) is 5.62. The molecule has 18 heavy (non-hydrogen) atoms. The first kappa shape index (κ1) is 12.7. The number of oxazole rings is 1. The van der Waals surface area contributed by atoms with E-state index in [0.717, 1.165) is 5.69 Å². The van der Waals surface area contributed by atoms with Crippen molar-refractivity contribution in [3.63, 3.8) is 0 Å². The Morgan fingerprint density at radius 2 is 2.06 bits per heavy atom. The smallest absolute Gasteiger partial charge is 0.408 e. The molecule has 2 rings (SSSR count). The van der Waals surface area contributed by atoms with Crippen LogP contribution in [0.1, 0.15) is 0 Å². The van der Waals surface area contributed by atoms with E-state index in [4.69, 9.17) is 14.6 Å². The van der Waals surface area contributed by atoms with Gasteiger partial charge in [-0.25, -0.2) is 4.79 Å². The summed E-state index contributed by atoms with van der Waals surface area (Å²) in [5, 5.41) is 18.3. The van der Waals surface area contributed by atoms with E-state index in [1.54, 1.807) is 37.2 Å². The molecule has 0 saturated heterocycles. The third-order valence-corrected chi connectivity index (χ3v) is 3.15. The van der Waals surface area contributed by atoms with Crippen LogP contribution >= 0.6 is 0 Å². The largest absolute Gasteiger partial charge is 0.419 e. The maximum absolute atomic E-state index is 11.4. The highest BCUT2D eigenvalue weighted by atomic mass is 16.4. The SMILES string of the molecule is CN(c1ccc2oc(=O)n(C)c2c1)C(CO)CO. The predicted octanol–water partition coefficient (Wildman–Crippen LogP) is -0.0791. The van der Waals surface area contributed by atoms with Crippen LogP contribution in [-0.2, 0) is 7.05 Å². The molecule has 6 heteroatoms. The van der Waals surface area contributed by atoms with Gasteiger partial charge in [-0.1, -0.05) is 0 Å². The molecule has 0 aliphatic carbocycles. The monoisotopic (exact) mass is 252 g/mol. The van der Waals surface area contributed by atoms with E-state index in [9.17, 15) is 4.79 Å². The van der Waals surface area contributed by atoms with Crippen LogP contribution in [0.25, 0.3) is 11.1 Å². The highest BCUT2D eigenvalue weighted by Gasteiger charge is 2.15. The summed E-state index contributed by atoms with van der Waals surface area (Å²) in [4.78, 5) is 13.1. The molecule has 1 aromatic heterocycles. The summed E-state index contributed by atoms with van der Waals surface area (Å²) in [6.45, 7) is -0.287. The van der Waals surface area contributed by atoms with E-state index in [-0.39, 0.29) is 19.3 Å². The Bertz CT molecular complexity index is 598. The van der Waals surface area contributed by atoms with Gasteiger partial charge in [-0.05, 0) is 18.2 Å². The fourth-order valence-electron chi connectivity index (χ4n) is 1.85. The van der Waals surface area contributed by atoms with Gasteiger partial charge in [0.2, 0.25) is 0 Å². The third kappa shape index (κ3) is 2.00. The minimum atomic E-state index is -0.411. The summed E-state index contributed by atoms with van der Waals surface area (Å²) in [6, 6.07) is 4.91. The molecule has 2 N–H and O–H groups in total. The number of nitrogens with zero attached hydrogens (tertiary/aromatic N) is 2. The van der Waals surface area contributed by atoms with Crippen LogP contribution in [-0.4, -0.2) is 41.1 Å². The Morgan fingerprint density at radius 3 is 2.67 bits per heavy atom. The molecule has 0 fully saturated rings. The van der Waals surface area contributed by atoms with Crippen LogP contribution in [0.15, 0.2) is 27.4 Å². The van der Waals surface area contributed by atoms with Gasteiger partial charge in [-0.15, -0.1) is 0 Å². The summed E-state index contributed by atoms with van der Waals surface area (Å²) in [7, 11) is 3.41. The first-order chi connectivity index (χ1) is 8.58. The molecule has 0 unspecified atom stereocenters. The van der Waals surface area contributed by atoms with Gasteiger partial charge in [0.15, 0.2) is 5.58 Å². The number of anilines is 1. The van der Waals surface area contributed by atoms with Crippen molar-refractivity contribution in [3.05, 3.63) is 28.7 Å². The molecule has 0 spiro atoms. The van der Waals surface area contributed by atoms with Crippen molar-refractivity contribution < 1.29 is 14.6 Å². The average Bonchev–Trinajstić information content (AvgIpc) is 2.66. The maximum atomic E-state index is 11.4. The molecule has 0 aliphatic rings. The van der Waals surface area contributed by atoms with Crippen LogP contribution < -0.4 is 10.7 Å². The zero-order valence-corrected chi connectivity index (χ0v) is 10.3. The number of rotatable bonds is 4. The summed E-state index contributed by atoms with van der Waals surface area (Å²) >= 11 is 0. The van der Waals surface area contributed by atoms with Gasteiger partial charge >= 0.3 is 5.76 Å². The molecule has 0 radical (unpaired) electrons. The van der Waals surface area contributed by atoms with E-state index in [1.807, 2.05) is 0 Å². The molecule has 2 aromatic rings. The summed E-state index contributed by atoms with van der Waals surface area (Å²) in [5.41, 5.74) is 2.00. The number of aliphatic hydroxyl groups excluding tert-OH is 2. The zero-order valence-electron chi connectivity index (χ0n) is 10.3. The molecule has 1 aromatic carbocycles. The molecule has 0 amide bonds. The Labute approximate surface area is 104 Å². The Balaban J connectivity index is 2.46. The number of likely N-dealkylation sites (N-methyl/N-ethyl adjacent to an activating group) is 1. The standard InChI is InChI=1S/C12H16N2O4/c1-13(9(6-15)7-16)8-3-4-11-10(5-8)14(2)12(17)18-11/h3-5,9,15-16H,6-7H2,1-2H3. The van der Waals surface area contributed by atoms with Gasteiger partial charge in [0.1, 0.15) is 0 Å². The van der Waals surface area contributed by atoms with Crippen LogP contribution in [0.5, 0.6) is 0 Å². The van der Waals surface area contributed by atoms with Crippen molar-refractivity contribution in [3.8, 4) is 0 Å². The maximum Gasteiger partial charge on any atom is 0.419 e. The van der Waals surface area contributed by atoms with E-state index in [0.29, 0.717) is 11.1 Å². The molecular weight excluding hydrogens is 236 g/mol. The number of fused-ring (bicyclic) bond motifs is 1. The summed E-state index contributed by atoms with van der Waals surface area (Å²) < 4.78 is 6.45. The number of hydrogen-bond acceptors (Lipinski definition) is 5. The Morgan fingerprint density at radius 1 is 1.39 bits per heavy atom. The lowest BCUT2D eigenvalue weighted by molar-refractivity contribution is 0.191. The summed E-state index contributed by atoms with van der Waals surface area (Å²) in [6.07, 6.45) is 0. The van der Waals surface area contributed by atoms with Gasteiger partial charge in [0.05, 0.1) is 24.8 Å². The van der Waals surface area contributed by atoms with Crippen molar-refractivity contribution in [2.45, 2.75) is 6.04 Å². The van der Waals surface area contributed by atoms with Gasteiger partial charge in [0.25, 0.3) is 0 Å². The molecule has 0 bridgehead atoms. The van der Waals surface area contributed by atoms with Crippen molar-refractivity contribution in [1.82, 2.24) is 4.57 Å². The van der Waals surface area contributed by atoms with Crippen LogP contribution in [0.4, 0.5) is 5.69 Å². The van der Waals surface area contributed by atoms with E-state index in [1.165, 1.54) is 4.57 Å². The van der Waals surface area contributed by atoms with Gasteiger partial charge in [-0.2, -0.15) is 0 Å². The lowest BCUT2D eigenvalue weighted by Crippen LogP contribution is -2.37. The van der Waals surface area contributed by atoms with Gasteiger partial charge in [0, 0.05) is 19.8 Å². The number of aryl methyl sites for hydroxylation is 1. The zero-order chi connectivity index (χ0) is 13.3. The number of aliphatic hydroxyl groups is 2. The number of benzene rings is 1. The molecule has 1 heterocycles. The van der Waals surface area contributed by atoms with E-state index < -0.39 is 5.76 Å². The second-order valence-electron chi connectivity index (χ2n) is 4.21. The minimum absolute atomic E-state index is 0.143. The highest BCUT2D eigenvalue weighted by molar-refractivity contribution is 5.78. The fourth-order valence-corrected chi connectivity index (χ4v) is 1.85. The molecule has 0 saturated carbocycles. The molecule has 0 aliphatic heterocycles. The molecule has 98 valence electrons. The van der Waals surface area contributed by atoms with Crippen molar-refractivity contribution in [2.75, 3.05) is 25.2 Å². The summed E-state index contributed by atoms with van der Waals surface area (Å²) in [5.74, 6) is -0.411.